The molecular weight excluding hydrogens is 368 g/mol. The summed E-state index contributed by atoms with van der Waals surface area (Å²) in [4.78, 5) is 57.4. The summed E-state index contributed by atoms with van der Waals surface area (Å²) in [5.41, 5.74) is 5.12. The van der Waals surface area contributed by atoms with Crippen molar-refractivity contribution in [3.8, 4) is 0 Å². The van der Waals surface area contributed by atoms with Crippen molar-refractivity contribution in [1.29, 1.82) is 0 Å². The van der Waals surface area contributed by atoms with Crippen molar-refractivity contribution < 1.29 is 44.4 Å². The highest BCUT2D eigenvalue weighted by atomic mass is 16.4. The predicted molar refractivity (Wildman–Crippen MR) is 88.1 cm³/mol. The molecule has 4 unspecified atom stereocenters. The number of carboxylic acid groups (broad SMARTS) is 2. The zero-order chi connectivity index (χ0) is 21.1. The molecule has 0 heterocycles. The quantitative estimate of drug-likeness (QED) is 0.159. The number of carboxylic acids is 2. The van der Waals surface area contributed by atoms with Crippen molar-refractivity contribution >= 4 is 29.7 Å². The highest BCUT2D eigenvalue weighted by molar-refractivity contribution is 5.94. The molecule has 0 rings (SSSR count). The van der Waals surface area contributed by atoms with Gasteiger partial charge in [-0.3, -0.25) is 19.2 Å². The molecule has 0 radical (unpaired) electrons. The van der Waals surface area contributed by atoms with E-state index in [-0.39, 0.29) is 0 Å². The zero-order valence-electron chi connectivity index (χ0n) is 14.5. The molecule has 0 aromatic heterocycles. The van der Waals surface area contributed by atoms with Crippen LogP contribution in [0.15, 0.2) is 0 Å². The van der Waals surface area contributed by atoms with Crippen LogP contribution in [-0.4, -0.2) is 87.5 Å². The predicted octanol–water partition coefficient (Wildman–Crippen LogP) is -4.28. The number of carbonyl (C=O) groups is 5. The molecule has 0 aromatic rings. The van der Waals surface area contributed by atoms with Gasteiger partial charge in [0.2, 0.25) is 17.7 Å². The van der Waals surface area contributed by atoms with Gasteiger partial charge in [0.05, 0.1) is 19.3 Å². The summed E-state index contributed by atoms with van der Waals surface area (Å²) in [6.45, 7) is -0.195. The highest BCUT2D eigenvalue weighted by Crippen LogP contribution is 2.02. The Hall–Kier alpha value is -2.77. The number of aliphatic hydroxyl groups excluding tert-OH is 2. The maximum atomic E-state index is 12.3. The highest BCUT2D eigenvalue weighted by Gasteiger charge is 2.31. The Morgan fingerprint density at radius 1 is 0.963 bits per heavy atom. The smallest absolute Gasteiger partial charge is 0.328 e. The first-order chi connectivity index (χ1) is 12.5. The summed E-state index contributed by atoms with van der Waals surface area (Å²) in [7, 11) is 0. The first kappa shape index (κ1) is 24.2. The number of nitrogens with two attached hydrogens (primary N) is 1. The fraction of sp³-hybridized carbons (Fsp3) is 0.643. The third-order valence-electron chi connectivity index (χ3n) is 3.34. The molecule has 154 valence electrons. The van der Waals surface area contributed by atoms with Crippen LogP contribution in [0, 0.1) is 0 Å². The molecule has 4 atom stereocenters. The Labute approximate surface area is 153 Å². The van der Waals surface area contributed by atoms with Gasteiger partial charge in [0, 0.05) is 6.42 Å². The van der Waals surface area contributed by atoms with Crippen LogP contribution in [0.2, 0.25) is 0 Å². The Morgan fingerprint density at radius 2 is 1.52 bits per heavy atom. The number of aliphatic hydroxyl groups is 2. The third kappa shape index (κ3) is 8.94. The molecular formula is C14H24N4O9. The fourth-order valence-electron chi connectivity index (χ4n) is 1.89. The monoisotopic (exact) mass is 392 g/mol. The van der Waals surface area contributed by atoms with Crippen molar-refractivity contribution in [3.05, 3.63) is 0 Å². The molecule has 0 saturated heterocycles. The molecule has 0 aliphatic carbocycles. The van der Waals surface area contributed by atoms with Gasteiger partial charge in [0.25, 0.3) is 0 Å². The maximum absolute atomic E-state index is 12.3. The van der Waals surface area contributed by atoms with Crippen LogP contribution in [0.4, 0.5) is 0 Å². The lowest BCUT2D eigenvalue weighted by Crippen LogP contribution is -2.59. The van der Waals surface area contributed by atoms with Gasteiger partial charge in [-0.05, 0) is 13.3 Å². The van der Waals surface area contributed by atoms with Gasteiger partial charge in [-0.2, -0.15) is 0 Å². The van der Waals surface area contributed by atoms with E-state index in [2.05, 4.69) is 10.6 Å². The third-order valence-corrected chi connectivity index (χ3v) is 3.34. The summed E-state index contributed by atoms with van der Waals surface area (Å²) >= 11 is 0. The van der Waals surface area contributed by atoms with Gasteiger partial charge >= 0.3 is 11.9 Å². The minimum Gasteiger partial charge on any atom is -0.481 e. The summed E-state index contributed by atoms with van der Waals surface area (Å²) < 4.78 is 0. The van der Waals surface area contributed by atoms with E-state index in [0.29, 0.717) is 0 Å². The van der Waals surface area contributed by atoms with E-state index in [9.17, 15) is 29.1 Å². The van der Waals surface area contributed by atoms with Crippen molar-refractivity contribution in [2.24, 2.45) is 5.73 Å². The van der Waals surface area contributed by atoms with Crippen LogP contribution in [0.5, 0.6) is 0 Å². The minimum absolute atomic E-state index is 0.401. The molecule has 3 amide bonds. The average molecular weight is 392 g/mol. The summed E-state index contributed by atoms with van der Waals surface area (Å²) in [5.74, 6) is -5.63. The second-order valence-corrected chi connectivity index (χ2v) is 5.57. The summed E-state index contributed by atoms with van der Waals surface area (Å²) in [5, 5.41) is 42.4. The molecule has 13 heteroatoms. The van der Waals surface area contributed by atoms with Gasteiger partial charge < -0.3 is 42.1 Å². The first-order valence-corrected chi connectivity index (χ1v) is 7.87. The van der Waals surface area contributed by atoms with Gasteiger partial charge in [-0.1, -0.05) is 0 Å². The number of hydrogen-bond acceptors (Lipinski definition) is 8. The van der Waals surface area contributed by atoms with Crippen molar-refractivity contribution in [3.63, 3.8) is 0 Å². The van der Waals surface area contributed by atoms with Crippen molar-refractivity contribution in [1.82, 2.24) is 16.0 Å². The molecule has 0 aliphatic rings. The van der Waals surface area contributed by atoms with E-state index >= 15 is 0 Å². The SMILES string of the molecule is CC(O)C(NC(=O)CN)C(=O)NC(CCC(=O)O)C(=O)NC(CO)C(=O)O. The normalized spacial score (nSPS) is 15.0. The molecule has 9 N–H and O–H groups in total. The molecule has 13 nitrogen and oxygen atoms in total. The van der Waals surface area contributed by atoms with Gasteiger partial charge in [0.1, 0.15) is 18.1 Å². The number of hydrogen-bond donors (Lipinski definition) is 8. The van der Waals surface area contributed by atoms with E-state index in [1.165, 1.54) is 6.92 Å². The van der Waals surface area contributed by atoms with Gasteiger partial charge in [-0.25, -0.2) is 4.79 Å². The maximum Gasteiger partial charge on any atom is 0.328 e. The van der Waals surface area contributed by atoms with Crippen molar-refractivity contribution in [2.45, 2.75) is 44.0 Å². The Kier molecular flexibility index (Phi) is 10.6. The lowest BCUT2D eigenvalue weighted by molar-refractivity contribution is -0.144. The number of amides is 3. The molecule has 0 saturated carbocycles. The average Bonchev–Trinajstić information content (AvgIpc) is 2.59. The zero-order valence-corrected chi connectivity index (χ0v) is 14.5. The standard InChI is InChI=1S/C14H24N4O9/c1-6(20)11(18-9(21)4-15)13(25)16-7(2-3-10(22)23)12(24)17-8(5-19)14(26)27/h6-8,11,19-20H,2-5,15H2,1H3,(H,16,25)(H,17,24)(H,18,21)(H,22,23)(H,26,27). The second kappa shape index (κ2) is 11.8. The van der Waals surface area contributed by atoms with E-state index in [1.807, 2.05) is 5.32 Å². The van der Waals surface area contributed by atoms with Gasteiger partial charge in [0.15, 0.2) is 0 Å². The topological polar surface area (TPSA) is 228 Å². The van der Waals surface area contributed by atoms with E-state index in [4.69, 9.17) is 21.1 Å². The van der Waals surface area contributed by atoms with E-state index < -0.39 is 79.9 Å². The number of rotatable bonds is 12. The number of nitrogens with one attached hydrogen (secondary N) is 3. The van der Waals surface area contributed by atoms with Crippen LogP contribution < -0.4 is 21.7 Å². The largest absolute Gasteiger partial charge is 0.481 e. The van der Waals surface area contributed by atoms with Crippen LogP contribution in [-0.2, 0) is 24.0 Å². The van der Waals surface area contributed by atoms with Crippen molar-refractivity contribution in [2.75, 3.05) is 13.2 Å². The molecule has 0 fully saturated rings. The molecule has 27 heavy (non-hydrogen) atoms. The van der Waals surface area contributed by atoms with Crippen LogP contribution >= 0.6 is 0 Å². The Morgan fingerprint density at radius 3 is 1.93 bits per heavy atom. The minimum atomic E-state index is -1.66. The number of carbonyl (C=O) groups excluding carboxylic acids is 3. The lowest BCUT2D eigenvalue weighted by atomic mass is 10.1. The molecule has 0 aliphatic heterocycles. The van der Waals surface area contributed by atoms with E-state index in [1.54, 1.807) is 0 Å². The van der Waals surface area contributed by atoms with Crippen LogP contribution in [0.3, 0.4) is 0 Å². The lowest BCUT2D eigenvalue weighted by Gasteiger charge is -2.25. The first-order valence-electron chi connectivity index (χ1n) is 7.87. The molecule has 0 aromatic carbocycles. The molecule has 0 bridgehead atoms. The second-order valence-electron chi connectivity index (χ2n) is 5.57. The van der Waals surface area contributed by atoms with E-state index in [0.717, 1.165) is 0 Å². The molecule has 0 spiro atoms. The number of aliphatic carboxylic acids is 2. The van der Waals surface area contributed by atoms with Gasteiger partial charge in [-0.15, -0.1) is 0 Å². The Balaban J connectivity index is 5.28. The fourth-order valence-corrected chi connectivity index (χ4v) is 1.89. The van der Waals surface area contributed by atoms with Crippen LogP contribution in [0.25, 0.3) is 0 Å². The Bertz CT molecular complexity index is 567. The van der Waals surface area contributed by atoms with Crippen LogP contribution in [0.1, 0.15) is 19.8 Å². The summed E-state index contributed by atoms with van der Waals surface area (Å²) in [6.07, 6.45) is -2.31. The summed E-state index contributed by atoms with van der Waals surface area (Å²) in [6, 6.07) is -4.63.